The van der Waals surface area contributed by atoms with Crippen molar-refractivity contribution in [1.29, 1.82) is 0 Å². The number of nitrogens with two attached hydrogens (primary N) is 1. The Morgan fingerprint density at radius 2 is 2.39 bits per heavy atom. The van der Waals surface area contributed by atoms with Crippen LogP contribution in [0.15, 0.2) is 24.4 Å². The lowest BCUT2D eigenvalue weighted by atomic mass is 9.99. The predicted octanol–water partition coefficient (Wildman–Crippen LogP) is 1.58. The van der Waals surface area contributed by atoms with Gasteiger partial charge in [-0.25, -0.2) is 0 Å². The molecule has 1 aliphatic heterocycles. The van der Waals surface area contributed by atoms with Gasteiger partial charge in [0.05, 0.1) is 18.3 Å². The van der Waals surface area contributed by atoms with Gasteiger partial charge in [-0.1, -0.05) is 13.0 Å². The maximum Gasteiger partial charge on any atom is 0.0674 e. The molecule has 0 aromatic carbocycles. The third-order valence-electron chi connectivity index (χ3n) is 3.79. The summed E-state index contributed by atoms with van der Waals surface area (Å²) in [5.41, 5.74) is 7.35. The molecule has 0 aliphatic carbocycles. The second-order valence-corrected chi connectivity index (χ2v) is 4.95. The van der Waals surface area contributed by atoms with Gasteiger partial charge in [-0.15, -0.1) is 0 Å². The Morgan fingerprint density at radius 3 is 2.94 bits per heavy atom. The average molecular weight is 249 g/mol. The zero-order valence-electron chi connectivity index (χ0n) is 11.2. The Balaban J connectivity index is 2.19. The third kappa shape index (κ3) is 2.88. The summed E-state index contributed by atoms with van der Waals surface area (Å²) in [6, 6.07) is 6.75. The Hall–Kier alpha value is -0.970. The van der Waals surface area contributed by atoms with Crippen LogP contribution in [0.1, 0.15) is 31.5 Å². The number of aromatic nitrogens is 1. The van der Waals surface area contributed by atoms with Crippen LogP contribution in [-0.2, 0) is 4.74 Å². The number of ether oxygens (including phenoxy) is 1. The van der Waals surface area contributed by atoms with E-state index < -0.39 is 0 Å². The SMILES string of the molecule is CCC(N)C(c1ccccn1)N(C)C1CCOC1. The highest BCUT2D eigenvalue weighted by atomic mass is 16.5. The minimum absolute atomic E-state index is 0.102. The number of hydrogen-bond acceptors (Lipinski definition) is 4. The van der Waals surface area contributed by atoms with Gasteiger partial charge in [0.15, 0.2) is 0 Å². The molecule has 0 bridgehead atoms. The molecule has 18 heavy (non-hydrogen) atoms. The van der Waals surface area contributed by atoms with Crippen LogP contribution >= 0.6 is 0 Å². The van der Waals surface area contributed by atoms with Crippen LogP contribution in [0, 0.1) is 0 Å². The van der Waals surface area contributed by atoms with Gasteiger partial charge in [0.2, 0.25) is 0 Å². The fourth-order valence-corrected chi connectivity index (χ4v) is 2.57. The van der Waals surface area contributed by atoms with E-state index in [0.29, 0.717) is 6.04 Å². The molecule has 1 aliphatic rings. The summed E-state index contributed by atoms with van der Waals surface area (Å²) in [5.74, 6) is 0. The third-order valence-corrected chi connectivity index (χ3v) is 3.79. The largest absolute Gasteiger partial charge is 0.380 e. The monoisotopic (exact) mass is 249 g/mol. The summed E-state index contributed by atoms with van der Waals surface area (Å²) in [6.45, 7) is 3.78. The van der Waals surface area contributed by atoms with E-state index in [1.807, 2.05) is 18.3 Å². The molecule has 2 N–H and O–H groups in total. The number of nitrogens with zero attached hydrogens (tertiary/aromatic N) is 2. The van der Waals surface area contributed by atoms with Crippen molar-refractivity contribution in [1.82, 2.24) is 9.88 Å². The van der Waals surface area contributed by atoms with Crippen LogP contribution in [0.3, 0.4) is 0 Å². The maximum atomic E-state index is 6.30. The van der Waals surface area contributed by atoms with Gasteiger partial charge < -0.3 is 10.5 Å². The van der Waals surface area contributed by atoms with Gasteiger partial charge in [-0.2, -0.15) is 0 Å². The minimum Gasteiger partial charge on any atom is -0.380 e. The molecule has 1 aromatic rings. The normalized spacial score (nSPS) is 23.2. The second-order valence-electron chi connectivity index (χ2n) is 4.95. The molecule has 100 valence electrons. The summed E-state index contributed by atoms with van der Waals surface area (Å²) in [7, 11) is 2.13. The van der Waals surface area contributed by atoms with Crippen LogP contribution in [0.25, 0.3) is 0 Å². The number of rotatable bonds is 5. The fourth-order valence-electron chi connectivity index (χ4n) is 2.57. The molecule has 0 saturated carbocycles. The molecule has 1 aromatic heterocycles. The topological polar surface area (TPSA) is 51.4 Å². The first-order valence-electron chi connectivity index (χ1n) is 6.70. The molecule has 0 radical (unpaired) electrons. The van der Waals surface area contributed by atoms with Gasteiger partial charge in [0.1, 0.15) is 0 Å². The van der Waals surface area contributed by atoms with E-state index in [9.17, 15) is 0 Å². The van der Waals surface area contributed by atoms with Gasteiger partial charge in [0.25, 0.3) is 0 Å². The number of hydrogen-bond donors (Lipinski definition) is 1. The lowest BCUT2D eigenvalue weighted by molar-refractivity contribution is 0.117. The van der Waals surface area contributed by atoms with E-state index in [0.717, 1.165) is 31.7 Å². The van der Waals surface area contributed by atoms with Crippen molar-refractivity contribution in [2.75, 3.05) is 20.3 Å². The first-order chi connectivity index (χ1) is 8.74. The van der Waals surface area contributed by atoms with E-state index in [1.54, 1.807) is 0 Å². The van der Waals surface area contributed by atoms with E-state index in [4.69, 9.17) is 10.5 Å². The smallest absolute Gasteiger partial charge is 0.0674 e. The molecule has 3 atom stereocenters. The first-order valence-corrected chi connectivity index (χ1v) is 6.70. The van der Waals surface area contributed by atoms with Crippen LogP contribution in [0.2, 0.25) is 0 Å². The quantitative estimate of drug-likeness (QED) is 0.861. The molecule has 0 amide bonds. The lowest BCUT2D eigenvalue weighted by Gasteiger charge is -2.35. The van der Waals surface area contributed by atoms with Crippen molar-refractivity contribution >= 4 is 0 Å². The molecule has 0 spiro atoms. The average Bonchev–Trinajstić information content (AvgIpc) is 2.94. The summed E-state index contributed by atoms with van der Waals surface area (Å²) in [4.78, 5) is 6.81. The van der Waals surface area contributed by atoms with Crippen LogP contribution < -0.4 is 5.73 Å². The van der Waals surface area contributed by atoms with Crippen LogP contribution in [-0.4, -0.2) is 42.2 Å². The maximum absolute atomic E-state index is 6.30. The zero-order chi connectivity index (χ0) is 13.0. The van der Waals surface area contributed by atoms with Gasteiger partial charge >= 0.3 is 0 Å². The van der Waals surface area contributed by atoms with E-state index in [-0.39, 0.29) is 12.1 Å². The highest BCUT2D eigenvalue weighted by Gasteiger charge is 2.31. The van der Waals surface area contributed by atoms with E-state index in [2.05, 4.69) is 29.9 Å². The summed E-state index contributed by atoms with van der Waals surface area (Å²) in [6.07, 6.45) is 3.86. The van der Waals surface area contributed by atoms with Gasteiger partial charge in [-0.3, -0.25) is 9.88 Å². The molecule has 4 heteroatoms. The van der Waals surface area contributed by atoms with Gasteiger partial charge in [0, 0.05) is 24.9 Å². The number of likely N-dealkylation sites (N-methyl/N-ethyl adjacent to an activating group) is 1. The minimum atomic E-state index is 0.102. The van der Waals surface area contributed by atoms with Crippen molar-refractivity contribution in [3.63, 3.8) is 0 Å². The summed E-state index contributed by atoms with van der Waals surface area (Å²) < 4.78 is 5.47. The van der Waals surface area contributed by atoms with Crippen LogP contribution in [0.5, 0.6) is 0 Å². The predicted molar refractivity (Wildman–Crippen MR) is 72.2 cm³/mol. The van der Waals surface area contributed by atoms with Crippen molar-refractivity contribution in [2.45, 2.75) is 37.9 Å². The molecule has 2 heterocycles. The molecule has 1 saturated heterocycles. The molecule has 1 fully saturated rings. The molecule has 3 unspecified atom stereocenters. The number of pyridine rings is 1. The van der Waals surface area contributed by atoms with Crippen LogP contribution in [0.4, 0.5) is 0 Å². The van der Waals surface area contributed by atoms with E-state index in [1.165, 1.54) is 0 Å². The van der Waals surface area contributed by atoms with Crippen molar-refractivity contribution in [3.05, 3.63) is 30.1 Å². The van der Waals surface area contributed by atoms with Crippen molar-refractivity contribution in [3.8, 4) is 0 Å². The summed E-state index contributed by atoms with van der Waals surface area (Å²) >= 11 is 0. The highest BCUT2D eigenvalue weighted by Crippen LogP contribution is 2.26. The first kappa shape index (κ1) is 13.5. The molecular formula is C14H23N3O. The van der Waals surface area contributed by atoms with E-state index >= 15 is 0 Å². The Kier molecular flexibility index (Phi) is 4.69. The second kappa shape index (κ2) is 6.27. The fraction of sp³-hybridized carbons (Fsp3) is 0.643. The molecule has 2 rings (SSSR count). The molecular weight excluding hydrogens is 226 g/mol. The lowest BCUT2D eigenvalue weighted by Crippen LogP contribution is -2.44. The van der Waals surface area contributed by atoms with Crippen molar-refractivity contribution in [2.24, 2.45) is 5.73 Å². The zero-order valence-corrected chi connectivity index (χ0v) is 11.2. The molecule has 4 nitrogen and oxygen atoms in total. The summed E-state index contributed by atoms with van der Waals surface area (Å²) in [5, 5.41) is 0. The Bertz CT molecular complexity index is 351. The van der Waals surface area contributed by atoms with Crippen molar-refractivity contribution < 1.29 is 4.74 Å². The standard InChI is InChI=1S/C14H23N3O/c1-3-12(15)14(13-6-4-5-8-16-13)17(2)11-7-9-18-10-11/h4-6,8,11-12,14H,3,7,9-10,15H2,1-2H3. The Morgan fingerprint density at radius 1 is 1.56 bits per heavy atom. The Labute approximate surface area is 109 Å². The van der Waals surface area contributed by atoms with Gasteiger partial charge in [-0.05, 0) is 32.0 Å². The highest BCUT2D eigenvalue weighted by molar-refractivity contribution is 5.12.